The predicted octanol–water partition coefficient (Wildman–Crippen LogP) is -0.193. The fourth-order valence-corrected chi connectivity index (χ4v) is 2.44. The molecule has 0 aromatic rings. The van der Waals surface area contributed by atoms with Crippen molar-refractivity contribution in [1.82, 2.24) is 4.72 Å². The van der Waals surface area contributed by atoms with Crippen molar-refractivity contribution in [2.24, 2.45) is 5.73 Å². The van der Waals surface area contributed by atoms with E-state index >= 15 is 0 Å². The minimum absolute atomic E-state index is 0.134. The normalized spacial score (nSPS) is 21.8. The molecule has 0 heterocycles. The smallest absolute Gasteiger partial charge is 0.211 e. The first-order chi connectivity index (χ1) is 5.54. The van der Waals surface area contributed by atoms with Gasteiger partial charge in [0.1, 0.15) is 0 Å². The Labute approximate surface area is 73.6 Å². The van der Waals surface area contributed by atoms with Crippen molar-refractivity contribution < 1.29 is 8.42 Å². The van der Waals surface area contributed by atoms with Gasteiger partial charge in [0.2, 0.25) is 10.0 Å². The summed E-state index contributed by atoms with van der Waals surface area (Å²) in [4.78, 5) is 0. The largest absolute Gasteiger partial charge is 0.329 e. The van der Waals surface area contributed by atoms with E-state index in [0.717, 1.165) is 19.3 Å². The first-order valence-corrected chi connectivity index (χ1v) is 5.90. The zero-order chi connectivity index (χ0) is 9.24. The van der Waals surface area contributed by atoms with Crippen LogP contribution < -0.4 is 10.5 Å². The van der Waals surface area contributed by atoms with Crippen LogP contribution in [0.5, 0.6) is 0 Å². The maximum absolute atomic E-state index is 11.2. The van der Waals surface area contributed by atoms with Gasteiger partial charge < -0.3 is 5.73 Å². The van der Waals surface area contributed by atoms with Crippen molar-refractivity contribution >= 4 is 10.0 Å². The number of sulfonamides is 1. The van der Waals surface area contributed by atoms with Crippen LogP contribution in [-0.2, 0) is 10.0 Å². The second-order valence-electron chi connectivity index (χ2n) is 3.34. The lowest BCUT2D eigenvalue weighted by Gasteiger charge is -2.41. The lowest BCUT2D eigenvalue weighted by atomic mass is 9.78. The molecule has 1 saturated carbocycles. The van der Waals surface area contributed by atoms with Crippen LogP contribution in [-0.4, -0.2) is 26.3 Å². The maximum atomic E-state index is 11.2. The summed E-state index contributed by atoms with van der Waals surface area (Å²) < 4.78 is 25.1. The fourth-order valence-electron chi connectivity index (χ4n) is 1.35. The first-order valence-electron chi connectivity index (χ1n) is 4.25. The third-order valence-corrected chi connectivity index (χ3v) is 3.96. The first kappa shape index (κ1) is 9.95. The third kappa shape index (κ3) is 1.97. The molecule has 3 N–H and O–H groups in total. The summed E-state index contributed by atoms with van der Waals surface area (Å²) in [5.41, 5.74) is 5.19. The van der Waals surface area contributed by atoms with E-state index < -0.39 is 10.0 Å². The van der Waals surface area contributed by atoms with Gasteiger partial charge in [-0.2, -0.15) is 0 Å². The van der Waals surface area contributed by atoms with Crippen LogP contribution >= 0.6 is 0 Å². The molecule has 4 nitrogen and oxygen atoms in total. The van der Waals surface area contributed by atoms with E-state index in [9.17, 15) is 8.42 Å². The highest BCUT2D eigenvalue weighted by Gasteiger charge is 2.38. The average Bonchev–Trinajstić information content (AvgIpc) is 1.97. The van der Waals surface area contributed by atoms with Gasteiger partial charge in [-0.05, 0) is 26.2 Å². The van der Waals surface area contributed by atoms with Crippen LogP contribution in [0.15, 0.2) is 0 Å². The Hall–Kier alpha value is -0.130. The Morgan fingerprint density at radius 1 is 1.50 bits per heavy atom. The van der Waals surface area contributed by atoms with Crippen molar-refractivity contribution in [3.63, 3.8) is 0 Å². The number of hydrogen-bond donors (Lipinski definition) is 2. The summed E-state index contributed by atoms with van der Waals surface area (Å²) in [5.74, 6) is 0.134. The molecular weight excluding hydrogens is 176 g/mol. The highest BCUT2D eigenvalue weighted by Crippen LogP contribution is 2.31. The van der Waals surface area contributed by atoms with Crippen LogP contribution in [0, 0.1) is 0 Å². The van der Waals surface area contributed by atoms with E-state index in [1.165, 1.54) is 0 Å². The second kappa shape index (κ2) is 3.32. The Bertz CT molecular complexity index is 239. The lowest BCUT2D eigenvalue weighted by molar-refractivity contribution is 0.231. The molecule has 0 unspecified atom stereocenters. The maximum Gasteiger partial charge on any atom is 0.211 e. The molecule has 0 spiro atoms. The Kier molecular flexibility index (Phi) is 2.75. The van der Waals surface area contributed by atoms with Crippen molar-refractivity contribution in [2.45, 2.75) is 31.7 Å². The van der Waals surface area contributed by atoms with Crippen LogP contribution in [0.1, 0.15) is 26.2 Å². The Morgan fingerprint density at radius 2 is 2.08 bits per heavy atom. The number of nitrogens with two attached hydrogens (primary N) is 1. The summed E-state index contributed by atoms with van der Waals surface area (Å²) in [6.07, 6.45) is 2.83. The SMILES string of the molecule is CCS(=O)(=O)NC1(CN)CCC1. The Balaban J connectivity index is 2.60. The highest BCUT2D eigenvalue weighted by molar-refractivity contribution is 7.89. The quantitative estimate of drug-likeness (QED) is 0.648. The van der Waals surface area contributed by atoms with Gasteiger partial charge in [-0.3, -0.25) is 0 Å². The van der Waals surface area contributed by atoms with Gasteiger partial charge in [0.15, 0.2) is 0 Å². The topological polar surface area (TPSA) is 72.2 Å². The minimum atomic E-state index is -3.08. The van der Waals surface area contributed by atoms with Gasteiger partial charge in [-0.1, -0.05) is 0 Å². The van der Waals surface area contributed by atoms with E-state index in [1.54, 1.807) is 6.92 Å². The van der Waals surface area contributed by atoms with Crippen LogP contribution in [0.2, 0.25) is 0 Å². The molecule has 0 aliphatic heterocycles. The molecule has 0 aromatic heterocycles. The van der Waals surface area contributed by atoms with Gasteiger partial charge in [-0.15, -0.1) is 0 Å². The van der Waals surface area contributed by atoms with E-state index in [-0.39, 0.29) is 11.3 Å². The van der Waals surface area contributed by atoms with Crippen LogP contribution in [0.25, 0.3) is 0 Å². The molecular formula is C7H16N2O2S. The van der Waals surface area contributed by atoms with E-state index in [1.807, 2.05) is 0 Å². The second-order valence-corrected chi connectivity index (χ2v) is 5.35. The van der Waals surface area contributed by atoms with Crippen molar-refractivity contribution in [3.05, 3.63) is 0 Å². The molecule has 1 aliphatic rings. The molecule has 1 aliphatic carbocycles. The van der Waals surface area contributed by atoms with Gasteiger partial charge in [0.05, 0.1) is 5.75 Å². The number of rotatable bonds is 4. The molecule has 0 radical (unpaired) electrons. The third-order valence-electron chi connectivity index (χ3n) is 2.45. The van der Waals surface area contributed by atoms with Gasteiger partial charge >= 0.3 is 0 Å². The van der Waals surface area contributed by atoms with Crippen LogP contribution in [0.3, 0.4) is 0 Å². The van der Waals surface area contributed by atoms with Crippen molar-refractivity contribution in [3.8, 4) is 0 Å². The van der Waals surface area contributed by atoms with Crippen LogP contribution in [0.4, 0.5) is 0 Å². The molecule has 12 heavy (non-hydrogen) atoms. The van der Waals surface area contributed by atoms with Crippen molar-refractivity contribution in [1.29, 1.82) is 0 Å². The summed E-state index contributed by atoms with van der Waals surface area (Å²) in [6, 6.07) is 0. The average molecular weight is 192 g/mol. The van der Waals surface area contributed by atoms with E-state index in [2.05, 4.69) is 4.72 Å². The molecule has 1 fully saturated rings. The highest BCUT2D eigenvalue weighted by atomic mass is 32.2. The molecule has 72 valence electrons. The summed E-state index contributed by atoms with van der Waals surface area (Å²) >= 11 is 0. The molecule has 1 rings (SSSR count). The molecule has 5 heteroatoms. The van der Waals surface area contributed by atoms with Gasteiger partial charge in [0, 0.05) is 12.1 Å². The van der Waals surface area contributed by atoms with E-state index in [4.69, 9.17) is 5.73 Å². The van der Waals surface area contributed by atoms with E-state index in [0.29, 0.717) is 6.54 Å². The van der Waals surface area contributed by atoms with Gasteiger partial charge in [-0.25, -0.2) is 13.1 Å². The summed E-state index contributed by atoms with van der Waals surface area (Å²) in [5, 5.41) is 0. The predicted molar refractivity (Wildman–Crippen MR) is 48.2 cm³/mol. The number of hydrogen-bond acceptors (Lipinski definition) is 3. The summed E-state index contributed by atoms with van der Waals surface area (Å²) in [6.45, 7) is 2.04. The minimum Gasteiger partial charge on any atom is -0.329 e. The standard InChI is InChI=1S/C7H16N2O2S/c1-2-12(10,11)9-7(6-8)4-3-5-7/h9H,2-6,8H2,1H3. The van der Waals surface area contributed by atoms with Gasteiger partial charge in [0.25, 0.3) is 0 Å². The zero-order valence-corrected chi connectivity index (χ0v) is 8.15. The number of nitrogens with one attached hydrogen (secondary N) is 1. The molecule has 0 bridgehead atoms. The molecule has 0 amide bonds. The lowest BCUT2D eigenvalue weighted by Crippen LogP contribution is -2.58. The summed E-state index contributed by atoms with van der Waals surface area (Å²) in [7, 11) is -3.08. The van der Waals surface area contributed by atoms with Crippen molar-refractivity contribution in [2.75, 3.05) is 12.3 Å². The molecule has 0 atom stereocenters. The fraction of sp³-hybridized carbons (Fsp3) is 1.00. The molecule has 0 saturated heterocycles. The monoisotopic (exact) mass is 192 g/mol. The Morgan fingerprint density at radius 3 is 2.33 bits per heavy atom. The zero-order valence-electron chi connectivity index (χ0n) is 7.34. The molecule has 0 aromatic carbocycles.